The van der Waals surface area contributed by atoms with Crippen molar-refractivity contribution >= 4 is 59.8 Å². The number of hydrogen-bond acceptors (Lipinski definition) is 2. The Morgan fingerprint density at radius 3 is 1.69 bits per heavy atom. The summed E-state index contributed by atoms with van der Waals surface area (Å²) >= 11 is 0. The average Bonchev–Trinajstić information content (AvgIpc) is 3.55. The normalized spacial score (nSPS) is 16.8. The van der Waals surface area contributed by atoms with Gasteiger partial charge in [-0.15, -0.1) is 0 Å². The first kappa shape index (κ1) is 26.7. The molecule has 11 rings (SSSR count). The summed E-state index contributed by atoms with van der Waals surface area (Å²) in [5.41, 5.74) is 9.35. The lowest BCUT2D eigenvalue weighted by molar-refractivity contribution is 0.878. The van der Waals surface area contributed by atoms with Crippen LogP contribution in [0.1, 0.15) is 11.7 Å². The molecular weight excluding hydrogens is 595 g/mol. The Hall–Kier alpha value is -6.32. The van der Waals surface area contributed by atoms with E-state index in [-0.39, 0.29) is 11.8 Å². The van der Waals surface area contributed by atoms with Gasteiger partial charge >= 0.3 is 0 Å². The second-order valence-corrected chi connectivity index (χ2v) is 13.3. The fraction of sp³-hybridized carbons (Fsp3) is 0.0435. The molecule has 0 amide bonds. The Morgan fingerprint density at radius 1 is 0.429 bits per heavy atom. The van der Waals surface area contributed by atoms with Gasteiger partial charge in [0.2, 0.25) is 0 Å². The van der Waals surface area contributed by atoms with Gasteiger partial charge in [-0.05, 0) is 39.3 Å². The molecular formula is C46H29N3. The summed E-state index contributed by atoms with van der Waals surface area (Å²) in [6.45, 7) is 0. The highest BCUT2D eigenvalue weighted by Crippen LogP contribution is 2.62. The molecule has 2 atom stereocenters. The van der Waals surface area contributed by atoms with Crippen LogP contribution >= 0.6 is 0 Å². The van der Waals surface area contributed by atoms with Crippen LogP contribution in [0.5, 0.6) is 0 Å². The zero-order chi connectivity index (χ0) is 32.1. The van der Waals surface area contributed by atoms with Gasteiger partial charge in [0.25, 0.3) is 0 Å². The molecule has 2 aliphatic rings. The summed E-state index contributed by atoms with van der Waals surface area (Å²) in [5, 5.41) is 10.3. The quantitative estimate of drug-likeness (QED) is 0.183. The van der Waals surface area contributed by atoms with Crippen molar-refractivity contribution in [2.24, 2.45) is 5.92 Å². The lowest BCUT2D eigenvalue weighted by Gasteiger charge is -2.15. The van der Waals surface area contributed by atoms with Crippen LogP contribution in [0.15, 0.2) is 169 Å². The molecule has 0 saturated heterocycles. The minimum Gasteiger partial charge on any atom is -0.311 e. The van der Waals surface area contributed by atoms with Crippen LogP contribution in [-0.4, -0.2) is 14.5 Å². The highest BCUT2D eigenvalue weighted by Gasteiger charge is 2.52. The van der Waals surface area contributed by atoms with Crippen LogP contribution in [0.3, 0.4) is 0 Å². The Balaban J connectivity index is 1.17. The lowest BCUT2D eigenvalue weighted by Crippen LogP contribution is -2.04. The van der Waals surface area contributed by atoms with E-state index >= 15 is 0 Å². The predicted octanol–water partition coefficient (Wildman–Crippen LogP) is 11.6. The molecule has 2 heterocycles. The number of allylic oxidation sites excluding steroid dienone is 4. The molecule has 228 valence electrons. The molecule has 0 spiro atoms. The molecule has 0 N–H and O–H groups in total. The Bertz CT molecular complexity index is 2820. The summed E-state index contributed by atoms with van der Waals surface area (Å²) in [6.07, 6.45) is 4.68. The van der Waals surface area contributed by atoms with E-state index in [1.54, 1.807) is 0 Å². The summed E-state index contributed by atoms with van der Waals surface area (Å²) in [5.74, 6) is 1.22. The maximum absolute atomic E-state index is 5.27. The number of fused-ring (bicyclic) bond motifs is 11. The molecule has 7 aromatic carbocycles. The van der Waals surface area contributed by atoms with E-state index in [1.165, 1.54) is 65.4 Å². The molecule has 0 radical (unpaired) electrons. The first-order valence-electron chi connectivity index (χ1n) is 17.0. The standard InChI is InChI=1S/C46H29N3/c1-3-14-29(15-4-1)38-27-39(30-16-5-2-6-17-30)48-46(47-38)43-36-25-26-40(42(36)43)49-44-31-18-8-7-13-28(31)23-24-37(44)41-34-21-11-9-19-32(34)33-20-10-12-22-35(33)45(41)49/h1-27,42-43H. The van der Waals surface area contributed by atoms with Crippen molar-refractivity contribution in [1.29, 1.82) is 0 Å². The molecule has 2 aliphatic carbocycles. The van der Waals surface area contributed by atoms with Gasteiger partial charge in [0, 0.05) is 44.3 Å². The maximum Gasteiger partial charge on any atom is 0.137 e. The molecule has 49 heavy (non-hydrogen) atoms. The van der Waals surface area contributed by atoms with Crippen molar-refractivity contribution in [3.63, 3.8) is 0 Å². The van der Waals surface area contributed by atoms with Gasteiger partial charge in [0.15, 0.2) is 0 Å². The van der Waals surface area contributed by atoms with E-state index < -0.39 is 0 Å². The smallest absolute Gasteiger partial charge is 0.137 e. The number of hydrogen-bond donors (Lipinski definition) is 0. The van der Waals surface area contributed by atoms with Gasteiger partial charge in [0.1, 0.15) is 5.82 Å². The van der Waals surface area contributed by atoms with Crippen molar-refractivity contribution in [3.8, 4) is 22.5 Å². The Morgan fingerprint density at radius 2 is 1.00 bits per heavy atom. The van der Waals surface area contributed by atoms with E-state index in [0.717, 1.165) is 28.3 Å². The fourth-order valence-electron chi connectivity index (χ4n) is 8.44. The minimum absolute atomic E-state index is 0.125. The molecule has 2 unspecified atom stereocenters. The van der Waals surface area contributed by atoms with Crippen LogP contribution in [0.4, 0.5) is 0 Å². The van der Waals surface area contributed by atoms with Crippen molar-refractivity contribution in [1.82, 2.24) is 14.5 Å². The van der Waals surface area contributed by atoms with Gasteiger partial charge in [0.05, 0.1) is 28.3 Å². The molecule has 0 aliphatic heterocycles. The fourth-order valence-corrected chi connectivity index (χ4v) is 8.44. The van der Waals surface area contributed by atoms with E-state index in [1.807, 2.05) is 0 Å². The molecule has 1 fully saturated rings. The van der Waals surface area contributed by atoms with E-state index in [2.05, 4.69) is 168 Å². The minimum atomic E-state index is 0.125. The van der Waals surface area contributed by atoms with Crippen molar-refractivity contribution in [3.05, 3.63) is 175 Å². The van der Waals surface area contributed by atoms with Gasteiger partial charge in [-0.25, -0.2) is 9.97 Å². The first-order valence-corrected chi connectivity index (χ1v) is 17.0. The maximum atomic E-state index is 5.27. The topological polar surface area (TPSA) is 30.7 Å². The van der Waals surface area contributed by atoms with E-state index in [0.29, 0.717) is 0 Å². The zero-order valence-corrected chi connectivity index (χ0v) is 26.6. The van der Waals surface area contributed by atoms with Crippen molar-refractivity contribution in [2.45, 2.75) is 5.92 Å². The third-order valence-electron chi connectivity index (χ3n) is 10.6. The molecule has 0 bridgehead atoms. The number of benzene rings is 7. The van der Waals surface area contributed by atoms with Crippen molar-refractivity contribution in [2.75, 3.05) is 0 Å². The van der Waals surface area contributed by atoms with Crippen molar-refractivity contribution < 1.29 is 0 Å². The van der Waals surface area contributed by atoms with Crippen LogP contribution < -0.4 is 0 Å². The SMILES string of the molecule is C1=C2C(C(n3c4c5ccccc5ccc4c4c5ccccc5c5ccccc5c43)=C1)C2c1nc(-c2ccccc2)cc(-c2ccccc2)n1. The largest absolute Gasteiger partial charge is 0.311 e. The summed E-state index contributed by atoms with van der Waals surface area (Å²) in [6, 6.07) is 54.4. The summed E-state index contributed by atoms with van der Waals surface area (Å²) < 4.78 is 2.59. The average molecular weight is 624 g/mol. The number of nitrogens with zero attached hydrogens (tertiary/aromatic N) is 3. The number of aromatic nitrogens is 3. The number of rotatable bonds is 4. The van der Waals surface area contributed by atoms with Gasteiger partial charge in [-0.2, -0.15) is 0 Å². The van der Waals surface area contributed by atoms with E-state index in [4.69, 9.17) is 9.97 Å². The third-order valence-corrected chi connectivity index (χ3v) is 10.6. The van der Waals surface area contributed by atoms with Crippen LogP contribution in [0.2, 0.25) is 0 Å². The molecule has 9 aromatic rings. The van der Waals surface area contributed by atoms with Gasteiger partial charge in [-0.3, -0.25) is 0 Å². The second kappa shape index (κ2) is 10.1. The lowest BCUT2D eigenvalue weighted by atomic mass is 9.96. The zero-order valence-electron chi connectivity index (χ0n) is 26.6. The highest BCUT2D eigenvalue weighted by atomic mass is 15.0. The summed E-state index contributed by atoms with van der Waals surface area (Å²) in [7, 11) is 0. The third kappa shape index (κ3) is 3.84. The van der Waals surface area contributed by atoms with Gasteiger partial charge in [-0.1, -0.05) is 152 Å². The predicted molar refractivity (Wildman–Crippen MR) is 203 cm³/mol. The molecule has 3 nitrogen and oxygen atoms in total. The second-order valence-electron chi connectivity index (χ2n) is 13.3. The first-order chi connectivity index (χ1) is 24.3. The molecule has 1 saturated carbocycles. The molecule has 2 aromatic heterocycles. The molecule has 3 heteroatoms. The monoisotopic (exact) mass is 623 g/mol. The van der Waals surface area contributed by atoms with Crippen LogP contribution in [0, 0.1) is 5.92 Å². The Kier molecular flexibility index (Phi) is 5.50. The Labute approximate surface area is 283 Å². The van der Waals surface area contributed by atoms with Gasteiger partial charge < -0.3 is 4.57 Å². The summed E-state index contributed by atoms with van der Waals surface area (Å²) in [4.78, 5) is 10.5. The van der Waals surface area contributed by atoms with E-state index in [9.17, 15) is 0 Å². The van der Waals surface area contributed by atoms with Crippen LogP contribution in [0.25, 0.3) is 82.3 Å². The highest BCUT2D eigenvalue weighted by molar-refractivity contribution is 6.34. The van der Waals surface area contributed by atoms with Crippen LogP contribution in [-0.2, 0) is 0 Å².